The summed E-state index contributed by atoms with van der Waals surface area (Å²) in [4.78, 5) is 28.9. The third-order valence-corrected chi connectivity index (χ3v) is 5.88. The first-order valence-corrected chi connectivity index (χ1v) is 10.4. The van der Waals surface area contributed by atoms with Crippen molar-refractivity contribution in [3.8, 4) is 0 Å². The van der Waals surface area contributed by atoms with Gasteiger partial charge < -0.3 is 10.4 Å². The second kappa shape index (κ2) is 7.23. The van der Waals surface area contributed by atoms with Gasteiger partial charge in [0.2, 0.25) is 0 Å². The van der Waals surface area contributed by atoms with Crippen LogP contribution >= 0.6 is 0 Å². The molecule has 0 atom stereocenters. The van der Waals surface area contributed by atoms with E-state index in [0.717, 1.165) is 40.5 Å². The number of rotatable bonds is 5. The summed E-state index contributed by atoms with van der Waals surface area (Å²) in [7, 11) is 0. The van der Waals surface area contributed by atoms with Gasteiger partial charge in [-0.15, -0.1) is 0 Å². The van der Waals surface area contributed by atoms with Crippen LogP contribution in [0, 0.1) is 13.8 Å². The molecule has 158 valence electrons. The molecule has 1 aliphatic heterocycles. The number of carboxylic acids is 1. The quantitative estimate of drug-likeness (QED) is 0.517. The zero-order valence-corrected chi connectivity index (χ0v) is 17.5. The van der Waals surface area contributed by atoms with E-state index in [1.165, 1.54) is 0 Å². The smallest absolute Gasteiger partial charge is 0.356 e. The Morgan fingerprint density at radius 2 is 2.03 bits per heavy atom. The van der Waals surface area contributed by atoms with Crippen LogP contribution in [0.2, 0.25) is 0 Å². The van der Waals surface area contributed by atoms with Crippen molar-refractivity contribution in [2.75, 3.05) is 11.9 Å². The summed E-state index contributed by atoms with van der Waals surface area (Å²) in [6, 6.07) is 7.58. The largest absolute Gasteiger partial charge is 0.476 e. The Morgan fingerprint density at radius 1 is 1.19 bits per heavy atom. The molecule has 0 saturated carbocycles. The molecule has 0 spiro atoms. The maximum atomic E-state index is 13.2. The fourth-order valence-corrected chi connectivity index (χ4v) is 4.57. The standard InChI is InChI=1S/C23H23N5O3/c1-13-10-15(6-7-24-18-5-4-14(2)26-20(18)23(30)31)19-16(11-13)22(29)27-8-3-9-28-21(27)17(19)12-25-28/h4-5,10-12,24H,3,6-9H2,1-2H3,(H,30,31). The van der Waals surface area contributed by atoms with E-state index in [1.54, 1.807) is 19.1 Å². The topological polar surface area (TPSA) is 102 Å². The highest BCUT2D eigenvalue weighted by Crippen LogP contribution is 2.29. The van der Waals surface area contributed by atoms with Crippen LogP contribution in [0.1, 0.15) is 33.7 Å². The summed E-state index contributed by atoms with van der Waals surface area (Å²) in [5.74, 6) is -1.06. The highest BCUT2D eigenvalue weighted by molar-refractivity contribution is 6.06. The second-order valence-corrected chi connectivity index (χ2v) is 8.09. The molecule has 1 aromatic carbocycles. The SMILES string of the molecule is Cc1cc(CCNc2ccc(C)nc2C(=O)O)c2c(c1)c(=O)n1c3c2cnn3CCC1. The normalized spacial score (nSPS) is 13.1. The number of hydrogen-bond acceptors (Lipinski definition) is 5. The van der Waals surface area contributed by atoms with Crippen LogP contribution in [0.5, 0.6) is 0 Å². The average Bonchev–Trinajstić information content (AvgIpc) is 3.17. The molecule has 4 aromatic rings. The lowest BCUT2D eigenvalue weighted by Crippen LogP contribution is -2.27. The van der Waals surface area contributed by atoms with Crippen LogP contribution < -0.4 is 10.9 Å². The van der Waals surface area contributed by atoms with Gasteiger partial charge in [-0.2, -0.15) is 5.10 Å². The van der Waals surface area contributed by atoms with Crippen LogP contribution in [0.3, 0.4) is 0 Å². The predicted octanol–water partition coefficient (Wildman–Crippen LogP) is 3.12. The monoisotopic (exact) mass is 417 g/mol. The second-order valence-electron chi connectivity index (χ2n) is 8.09. The van der Waals surface area contributed by atoms with Crippen LogP contribution in [0.15, 0.2) is 35.3 Å². The molecule has 4 heterocycles. The molecule has 0 radical (unpaired) electrons. The van der Waals surface area contributed by atoms with E-state index in [1.807, 2.05) is 28.4 Å². The Balaban J connectivity index is 1.56. The van der Waals surface area contributed by atoms with Gasteiger partial charge >= 0.3 is 5.97 Å². The lowest BCUT2D eigenvalue weighted by molar-refractivity contribution is 0.0691. The number of carboxylic acid groups (broad SMARTS) is 1. The molecule has 0 bridgehead atoms. The van der Waals surface area contributed by atoms with Gasteiger partial charge in [0.25, 0.3) is 5.56 Å². The van der Waals surface area contributed by atoms with E-state index in [-0.39, 0.29) is 11.3 Å². The minimum Gasteiger partial charge on any atom is -0.476 e. The molecule has 0 saturated heterocycles. The summed E-state index contributed by atoms with van der Waals surface area (Å²) in [5.41, 5.74) is 4.15. The van der Waals surface area contributed by atoms with E-state index in [2.05, 4.69) is 21.5 Å². The number of aromatic nitrogens is 4. The van der Waals surface area contributed by atoms with E-state index in [4.69, 9.17) is 0 Å². The average molecular weight is 417 g/mol. The van der Waals surface area contributed by atoms with Crippen molar-refractivity contribution in [3.63, 3.8) is 0 Å². The van der Waals surface area contributed by atoms with Gasteiger partial charge in [0.05, 0.1) is 11.9 Å². The third-order valence-electron chi connectivity index (χ3n) is 5.88. The van der Waals surface area contributed by atoms with Crippen molar-refractivity contribution in [1.82, 2.24) is 19.3 Å². The fraction of sp³-hybridized carbons (Fsp3) is 0.304. The van der Waals surface area contributed by atoms with Crippen molar-refractivity contribution < 1.29 is 9.90 Å². The van der Waals surface area contributed by atoms with Crippen molar-refractivity contribution in [2.24, 2.45) is 0 Å². The molecule has 0 fully saturated rings. The summed E-state index contributed by atoms with van der Waals surface area (Å²) in [6.45, 7) is 5.80. The van der Waals surface area contributed by atoms with Crippen LogP contribution in [-0.4, -0.2) is 37.0 Å². The van der Waals surface area contributed by atoms with Gasteiger partial charge in [0.1, 0.15) is 5.65 Å². The van der Waals surface area contributed by atoms with Gasteiger partial charge in [0.15, 0.2) is 5.69 Å². The van der Waals surface area contributed by atoms with E-state index >= 15 is 0 Å². The lowest BCUT2D eigenvalue weighted by atomic mass is 9.98. The summed E-state index contributed by atoms with van der Waals surface area (Å²) >= 11 is 0. The van der Waals surface area contributed by atoms with Gasteiger partial charge in [0, 0.05) is 41.5 Å². The molecule has 5 rings (SSSR count). The molecule has 2 N–H and O–H groups in total. The van der Waals surface area contributed by atoms with Crippen molar-refractivity contribution in [3.05, 3.63) is 63.3 Å². The van der Waals surface area contributed by atoms with Gasteiger partial charge in [-0.25, -0.2) is 14.5 Å². The molecule has 8 heteroatoms. The van der Waals surface area contributed by atoms with Crippen molar-refractivity contribution >= 4 is 33.5 Å². The number of carbonyl (C=O) groups is 1. The Morgan fingerprint density at radius 3 is 2.84 bits per heavy atom. The number of nitrogens with one attached hydrogen (secondary N) is 1. The minimum absolute atomic E-state index is 0.0165. The summed E-state index contributed by atoms with van der Waals surface area (Å²) in [6.07, 6.45) is 3.39. The number of benzene rings is 1. The van der Waals surface area contributed by atoms with Crippen LogP contribution in [0.4, 0.5) is 5.69 Å². The van der Waals surface area contributed by atoms with E-state index in [9.17, 15) is 14.7 Å². The van der Waals surface area contributed by atoms with Crippen LogP contribution in [-0.2, 0) is 19.5 Å². The third kappa shape index (κ3) is 3.15. The molecule has 31 heavy (non-hydrogen) atoms. The molecular formula is C23H23N5O3. The van der Waals surface area contributed by atoms with Crippen LogP contribution in [0.25, 0.3) is 21.8 Å². The molecule has 1 aliphatic rings. The molecule has 8 nitrogen and oxygen atoms in total. The van der Waals surface area contributed by atoms with Gasteiger partial charge in [-0.3, -0.25) is 9.36 Å². The maximum Gasteiger partial charge on any atom is 0.356 e. The minimum atomic E-state index is -1.06. The fourth-order valence-electron chi connectivity index (χ4n) is 4.57. The van der Waals surface area contributed by atoms with E-state index in [0.29, 0.717) is 36.3 Å². The Bertz CT molecular complexity index is 1420. The highest BCUT2D eigenvalue weighted by Gasteiger charge is 2.20. The number of hydrogen-bond donors (Lipinski definition) is 2. The van der Waals surface area contributed by atoms with Gasteiger partial charge in [-0.05, 0) is 50.5 Å². The molecule has 3 aromatic heterocycles. The summed E-state index contributed by atoms with van der Waals surface area (Å²) < 4.78 is 3.76. The number of aryl methyl sites for hydroxylation is 4. The Hall–Kier alpha value is -3.68. The molecular weight excluding hydrogens is 394 g/mol. The molecule has 0 unspecified atom stereocenters. The summed E-state index contributed by atoms with van der Waals surface area (Å²) in [5, 5.41) is 19.8. The zero-order chi connectivity index (χ0) is 21.7. The number of fused-ring (bicyclic) bond motifs is 2. The zero-order valence-electron chi connectivity index (χ0n) is 17.5. The number of nitrogens with zero attached hydrogens (tertiary/aromatic N) is 4. The first-order valence-electron chi connectivity index (χ1n) is 10.4. The number of pyridine rings is 2. The Kier molecular flexibility index (Phi) is 4.50. The molecule has 0 amide bonds. The van der Waals surface area contributed by atoms with E-state index < -0.39 is 5.97 Å². The van der Waals surface area contributed by atoms with Crippen molar-refractivity contribution in [2.45, 2.75) is 39.8 Å². The highest BCUT2D eigenvalue weighted by atomic mass is 16.4. The lowest BCUT2D eigenvalue weighted by Gasteiger charge is -2.19. The first kappa shape index (κ1) is 19.3. The number of aromatic carboxylic acids is 1. The number of anilines is 1. The predicted molar refractivity (Wildman–Crippen MR) is 119 cm³/mol. The first-order chi connectivity index (χ1) is 14.9. The maximum absolute atomic E-state index is 13.2. The van der Waals surface area contributed by atoms with Gasteiger partial charge in [-0.1, -0.05) is 11.6 Å². The molecule has 0 aliphatic carbocycles. The Labute approximate surface area is 178 Å². The van der Waals surface area contributed by atoms with Crippen molar-refractivity contribution in [1.29, 1.82) is 0 Å².